The van der Waals surface area contributed by atoms with Crippen LogP contribution in [0.4, 0.5) is 17.1 Å². The van der Waals surface area contributed by atoms with Gasteiger partial charge in [0.05, 0.1) is 17.0 Å². The number of thioether (sulfide) groups is 1. The second-order valence-corrected chi connectivity index (χ2v) is 7.36. The third-order valence-electron chi connectivity index (χ3n) is 3.97. The van der Waals surface area contributed by atoms with Gasteiger partial charge in [0.25, 0.3) is 5.91 Å². The van der Waals surface area contributed by atoms with E-state index in [0.717, 1.165) is 4.90 Å². The molecule has 29 heavy (non-hydrogen) atoms. The van der Waals surface area contributed by atoms with Gasteiger partial charge in [-0.05, 0) is 49.4 Å². The highest BCUT2D eigenvalue weighted by molar-refractivity contribution is 8.00. The number of amides is 3. The zero-order valence-corrected chi connectivity index (χ0v) is 16.6. The number of fused-ring (bicyclic) bond motifs is 1. The normalized spacial score (nSPS) is 13.5. The number of benzene rings is 2. The lowest BCUT2D eigenvalue weighted by Crippen LogP contribution is -2.30. The first-order valence-corrected chi connectivity index (χ1v) is 9.76. The van der Waals surface area contributed by atoms with E-state index in [9.17, 15) is 19.2 Å². The first-order valence-electron chi connectivity index (χ1n) is 8.78. The smallest absolute Gasteiger partial charge is 0.338 e. The van der Waals surface area contributed by atoms with Gasteiger partial charge in [0, 0.05) is 23.2 Å². The molecule has 1 unspecified atom stereocenters. The van der Waals surface area contributed by atoms with Crippen LogP contribution in [0.25, 0.3) is 0 Å². The Morgan fingerprint density at radius 2 is 1.72 bits per heavy atom. The second-order valence-electron chi connectivity index (χ2n) is 6.34. The average molecular weight is 413 g/mol. The molecule has 0 fully saturated rings. The maximum absolute atomic E-state index is 12.4. The van der Waals surface area contributed by atoms with Crippen molar-refractivity contribution in [3.63, 3.8) is 0 Å². The summed E-state index contributed by atoms with van der Waals surface area (Å²) in [5.74, 6) is -1.15. The summed E-state index contributed by atoms with van der Waals surface area (Å²) in [6.07, 6.45) is -1.03. The van der Waals surface area contributed by atoms with Gasteiger partial charge < -0.3 is 20.7 Å². The molecule has 0 spiro atoms. The van der Waals surface area contributed by atoms with E-state index in [1.165, 1.54) is 31.7 Å². The number of anilines is 3. The molecule has 3 N–H and O–H groups in total. The third kappa shape index (κ3) is 5.35. The van der Waals surface area contributed by atoms with Crippen LogP contribution >= 0.6 is 11.8 Å². The van der Waals surface area contributed by atoms with E-state index >= 15 is 0 Å². The van der Waals surface area contributed by atoms with E-state index in [4.69, 9.17) is 4.74 Å². The molecular formula is C20H19N3O5S. The Hall–Kier alpha value is -3.33. The Morgan fingerprint density at radius 1 is 1.07 bits per heavy atom. The molecule has 8 nitrogen and oxygen atoms in total. The largest absolute Gasteiger partial charge is 0.449 e. The van der Waals surface area contributed by atoms with Crippen molar-refractivity contribution in [1.29, 1.82) is 0 Å². The van der Waals surface area contributed by atoms with Crippen molar-refractivity contribution in [1.82, 2.24) is 0 Å². The van der Waals surface area contributed by atoms with Crippen LogP contribution < -0.4 is 16.0 Å². The monoisotopic (exact) mass is 413 g/mol. The molecule has 1 atom stereocenters. The molecule has 0 aliphatic carbocycles. The first-order chi connectivity index (χ1) is 13.8. The number of ether oxygens (including phenoxy) is 1. The SMILES string of the molecule is CC(=O)Nc1ccc(NC(=O)C(C)OC(=O)c2ccc3c(c2)NC(=O)CS3)cc1. The first kappa shape index (κ1) is 20.4. The Balaban J connectivity index is 1.59. The predicted octanol–water partition coefficient (Wildman–Crippen LogP) is 2.87. The number of hydrogen-bond acceptors (Lipinski definition) is 6. The molecule has 3 rings (SSSR count). The van der Waals surface area contributed by atoms with Crippen molar-refractivity contribution >= 4 is 52.5 Å². The Morgan fingerprint density at radius 3 is 2.38 bits per heavy atom. The fourth-order valence-corrected chi connectivity index (χ4v) is 3.36. The summed E-state index contributed by atoms with van der Waals surface area (Å²) in [7, 11) is 0. The van der Waals surface area contributed by atoms with Crippen molar-refractivity contribution < 1.29 is 23.9 Å². The summed E-state index contributed by atoms with van der Waals surface area (Å²) >= 11 is 1.39. The quantitative estimate of drug-likeness (QED) is 0.650. The van der Waals surface area contributed by atoms with Gasteiger partial charge in [-0.1, -0.05) is 0 Å². The van der Waals surface area contributed by atoms with E-state index in [1.807, 2.05) is 0 Å². The third-order valence-corrected chi connectivity index (χ3v) is 5.05. The molecule has 0 radical (unpaired) electrons. The summed E-state index contributed by atoms with van der Waals surface area (Å²) in [5, 5.41) is 7.98. The topological polar surface area (TPSA) is 114 Å². The summed E-state index contributed by atoms with van der Waals surface area (Å²) in [6.45, 7) is 2.87. The molecule has 2 aromatic rings. The molecule has 0 saturated carbocycles. The van der Waals surface area contributed by atoms with E-state index in [1.54, 1.807) is 36.4 Å². The fourth-order valence-electron chi connectivity index (χ4n) is 2.58. The number of nitrogens with one attached hydrogen (secondary N) is 3. The Bertz CT molecular complexity index is 975. The van der Waals surface area contributed by atoms with Gasteiger partial charge in [0.2, 0.25) is 11.8 Å². The zero-order valence-electron chi connectivity index (χ0n) is 15.8. The number of hydrogen-bond donors (Lipinski definition) is 3. The summed E-state index contributed by atoms with van der Waals surface area (Å²) < 4.78 is 5.24. The van der Waals surface area contributed by atoms with Gasteiger partial charge in [-0.2, -0.15) is 0 Å². The average Bonchev–Trinajstić information content (AvgIpc) is 2.68. The van der Waals surface area contributed by atoms with Gasteiger partial charge in [0.15, 0.2) is 6.10 Å². The van der Waals surface area contributed by atoms with Gasteiger partial charge in [-0.25, -0.2) is 4.79 Å². The lowest BCUT2D eigenvalue weighted by Gasteiger charge is -2.18. The maximum atomic E-state index is 12.4. The van der Waals surface area contributed by atoms with E-state index < -0.39 is 18.0 Å². The number of carbonyl (C=O) groups is 4. The number of carbonyl (C=O) groups excluding carboxylic acids is 4. The highest BCUT2D eigenvalue weighted by Gasteiger charge is 2.21. The van der Waals surface area contributed by atoms with Crippen molar-refractivity contribution in [3.8, 4) is 0 Å². The van der Waals surface area contributed by atoms with Crippen LogP contribution in [0.1, 0.15) is 24.2 Å². The van der Waals surface area contributed by atoms with E-state index in [-0.39, 0.29) is 17.4 Å². The predicted molar refractivity (Wildman–Crippen MR) is 110 cm³/mol. The maximum Gasteiger partial charge on any atom is 0.338 e. The molecule has 3 amide bonds. The van der Waals surface area contributed by atoms with Crippen LogP contribution in [-0.4, -0.2) is 35.5 Å². The minimum Gasteiger partial charge on any atom is -0.449 e. The van der Waals surface area contributed by atoms with Crippen LogP contribution in [-0.2, 0) is 19.1 Å². The van der Waals surface area contributed by atoms with Crippen molar-refractivity contribution in [2.45, 2.75) is 24.8 Å². The molecule has 0 aromatic heterocycles. The molecule has 150 valence electrons. The lowest BCUT2D eigenvalue weighted by atomic mass is 10.2. The lowest BCUT2D eigenvalue weighted by molar-refractivity contribution is -0.123. The minimum atomic E-state index is -1.03. The van der Waals surface area contributed by atoms with Crippen molar-refractivity contribution in [2.75, 3.05) is 21.7 Å². The van der Waals surface area contributed by atoms with Crippen molar-refractivity contribution in [3.05, 3.63) is 48.0 Å². The van der Waals surface area contributed by atoms with E-state index in [0.29, 0.717) is 22.8 Å². The zero-order chi connectivity index (χ0) is 21.0. The highest BCUT2D eigenvalue weighted by Crippen LogP contribution is 2.32. The Kier molecular flexibility index (Phi) is 6.18. The van der Waals surface area contributed by atoms with Gasteiger partial charge in [-0.3, -0.25) is 14.4 Å². The molecule has 0 bridgehead atoms. The molecule has 9 heteroatoms. The van der Waals surface area contributed by atoms with E-state index in [2.05, 4.69) is 16.0 Å². The Labute approximate surface area is 171 Å². The molecule has 0 saturated heterocycles. The number of esters is 1. The van der Waals surface area contributed by atoms with Gasteiger partial charge in [0.1, 0.15) is 0 Å². The second kappa shape index (κ2) is 8.78. The van der Waals surface area contributed by atoms with Gasteiger partial charge >= 0.3 is 5.97 Å². The van der Waals surface area contributed by atoms with Crippen molar-refractivity contribution in [2.24, 2.45) is 0 Å². The minimum absolute atomic E-state index is 0.134. The number of rotatable bonds is 5. The molecule has 2 aromatic carbocycles. The van der Waals surface area contributed by atoms with Crippen LogP contribution in [0.5, 0.6) is 0 Å². The van der Waals surface area contributed by atoms with Crippen LogP contribution in [0, 0.1) is 0 Å². The molecule has 1 aliphatic rings. The van der Waals surface area contributed by atoms with Gasteiger partial charge in [-0.15, -0.1) is 11.8 Å². The standard InChI is InChI=1S/C20H19N3O5S/c1-11(19(26)22-15-6-4-14(5-7-15)21-12(2)24)28-20(27)13-3-8-17-16(9-13)23-18(25)10-29-17/h3-9,11H,10H2,1-2H3,(H,21,24)(H,22,26)(H,23,25). The fraction of sp³-hybridized carbons (Fsp3) is 0.200. The summed E-state index contributed by atoms with van der Waals surface area (Å²) in [4.78, 5) is 48.1. The molecule has 1 aliphatic heterocycles. The van der Waals surface area contributed by atoms with Crippen LogP contribution in [0.3, 0.4) is 0 Å². The van der Waals surface area contributed by atoms with Crippen LogP contribution in [0.15, 0.2) is 47.4 Å². The highest BCUT2D eigenvalue weighted by atomic mass is 32.2. The van der Waals surface area contributed by atoms with Crippen LogP contribution in [0.2, 0.25) is 0 Å². The summed E-state index contributed by atoms with van der Waals surface area (Å²) in [5.41, 5.74) is 1.90. The molecule has 1 heterocycles. The summed E-state index contributed by atoms with van der Waals surface area (Å²) in [6, 6.07) is 11.4. The molecular weight excluding hydrogens is 394 g/mol.